The van der Waals surface area contributed by atoms with Crippen LogP contribution in [0.25, 0.3) is 111 Å². The lowest BCUT2D eigenvalue weighted by molar-refractivity contribution is 0.632. The summed E-state index contributed by atoms with van der Waals surface area (Å²) < 4.78 is 18.4. The summed E-state index contributed by atoms with van der Waals surface area (Å²) in [5, 5.41) is 8.05. The molecule has 0 saturated carbocycles. The second-order valence-electron chi connectivity index (χ2n) is 15.6. The van der Waals surface area contributed by atoms with Gasteiger partial charge in [-0.3, -0.25) is 0 Å². The van der Waals surface area contributed by atoms with Crippen LogP contribution >= 0.6 is 0 Å². The molecule has 4 aromatic heterocycles. The van der Waals surface area contributed by atoms with Crippen molar-refractivity contribution in [1.82, 2.24) is 9.13 Å². The van der Waals surface area contributed by atoms with Gasteiger partial charge in [-0.25, -0.2) is 0 Å². The summed E-state index contributed by atoms with van der Waals surface area (Å²) in [6.45, 7) is 0. The first-order valence-corrected chi connectivity index (χ1v) is 20.0. The maximum Gasteiger partial charge on any atom is 0.178 e. The monoisotopic (exact) mass is 742 g/mol. The van der Waals surface area contributed by atoms with E-state index in [4.69, 9.17) is 8.83 Å². The standard InChI is InChI=1S/C54H34N2O2/c1-3-13-36(14-4-1)55-47-20-10-7-17-38(47)44-29-33(23-27-49(44)55)35-31-43(52-46(32-35)42-26-25-41-40-19-9-12-22-51(40)57-53(41)54(42)58-52)34-24-28-50-45(30-34)39-18-8-11-21-48(39)56(50)37-15-5-2-6-16-37/h1-23,25-27,29-32H,24,28H2. The van der Waals surface area contributed by atoms with Crippen molar-refractivity contribution in [2.45, 2.75) is 12.8 Å². The third-order valence-electron chi connectivity index (χ3n) is 12.4. The highest BCUT2D eigenvalue weighted by atomic mass is 16.4. The number of nitrogens with zero attached hydrogens (tertiary/aromatic N) is 2. The Bertz CT molecular complexity index is 3670. The number of hydrogen-bond donors (Lipinski definition) is 0. The lowest BCUT2D eigenvalue weighted by atomic mass is 9.88. The average molecular weight is 743 g/mol. The van der Waals surface area contributed by atoms with E-state index in [2.05, 4.69) is 179 Å². The fourth-order valence-corrected chi connectivity index (χ4v) is 9.84. The number of allylic oxidation sites excluding steroid dienone is 1. The molecule has 4 nitrogen and oxygen atoms in total. The van der Waals surface area contributed by atoms with Crippen molar-refractivity contribution in [2.75, 3.05) is 0 Å². The van der Waals surface area contributed by atoms with Crippen molar-refractivity contribution < 1.29 is 8.83 Å². The Balaban J connectivity index is 1.08. The molecular weight excluding hydrogens is 709 g/mol. The van der Waals surface area contributed by atoms with Gasteiger partial charge in [-0.15, -0.1) is 0 Å². The predicted octanol–water partition coefficient (Wildman–Crippen LogP) is 14.7. The molecule has 0 saturated heterocycles. The number of fused-ring (bicyclic) bond motifs is 13. The minimum Gasteiger partial charge on any atom is -0.452 e. The van der Waals surface area contributed by atoms with E-state index in [1.165, 1.54) is 60.8 Å². The summed E-state index contributed by atoms with van der Waals surface area (Å²) in [7, 11) is 0. The number of hydrogen-bond acceptors (Lipinski definition) is 2. The van der Waals surface area contributed by atoms with E-state index < -0.39 is 0 Å². The van der Waals surface area contributed by atoms with Crippen LogP contribution in [0.3, 0.4) is 0 Å². The Morgan fingerprint density at radius 3 is 1.78 bits per heavy atom. The lowest BCUT2D eigenvalue weighted by Gasteiger charge is -2.18. The van der Waals surface area contributed by atoms with Crippen molar-refractivity contribution in [3.05, 3.63) is 193 Å². The SMILES string of the molecule is C1=C(c2cc(-c3ccc4c(c3)c3ccccc3n4-c3ccccc3)cc3c2oc2c3ccc3c4ccccc4oc32)CCc2c1c1ccccc1n2-c1ccccc1. The van der Waals surface area contributed by atoms with E-state index in [1.54, 1.807) is 0 Å². The number of para-hydroxylation sites is 5. The van der Waals surface area contributed by atoms with Gasteiger partial charge in [0.2, 0.25) is 0 Å². The molecule has 58 heavy (non-hydrogen) atoms. The molecule has 0 spiro atoms. The molecule has 0 atom stereocenters. The Morgan fingerprint density at radius 2 is 0.983 bits per heavy atom. The fraction of sp³-hybridized carbons (Fsp3) is 0.0370. The third-order valence-corrected chi connectivity index (χ3v) is 12.4. The quantitative estimate of drug-likeness (QED) is 0.180. The van der Waals surface area contributed by atoms with E-state index in [0.29, 0.717) is 0 Å². The van der Waals surface area contributed by atoms with Crippen molar-refractivity contribution in [2.24, 2.45) is 0 Å². The molecule has 4 heteroatoms. The van der Waals surface area contributed by atoms with Crippen molar-refractivity contribution in [1.29, 1.82) is 0 Å². The van der Waals surface area contributed by atoms with E-state index in [9.17, 15) is 0 Å². The molecule has 13 rings (SSSR count). The predicted molar refractivity (Wildman–Crippen MR) is 240 cm³/mol. The number of aromatic nitrogens is 2. The molecule has 4 heterocycles. The van der Waals surface area contributed by atoms with Crippen molar-refractivity contribution >= 4 is 88.2 Å². The molecule has 1 aliphatic rings. The first-order chi connectivity index (χ1) is 28.8. The molecule has 8 aromatic carbocycles. The van der Waals surface area contributed by atoms with Gasteiger partial charge in [-0.1, -0.05) is 97.1 Å². The van der Waals surface area contributed by atoms with E-state index in [0.717, 1.165) is 73.5 Å². The largest absolute Gasteiger partial charge is 0.452 e. The third kappa shape index (κ3) is 4.45. The highest BCUT2D eigenvalue weighted by molar-refractivity contribution is 6.21. The molecule has 272 valence electrons. The van der Waals surface area contributed by atoms with Crippen LogP contribution in [0.4, 0.5) is 0 Å². The van der Waals surface area contributed by atoms with Gasteiger partial charge in [0.05, 0.1) is 16.6 Å². The zero-order chi connectivity index (χ0) is 37.9. The van der Waals surface area contributed by atoms with Gasteiger partial charge in [0.25, 0.3) is 0 Å². The first-order valence-electron chi connectivity index (χ1n) is 20.0. The minimum absolute atomic E-state index is 0.793. The van der Waals surface area contributed by atoms with Gasteiger partial charge in [0, 0.05) is 65.9 Å². The molecule has 0 bridgehead atoms. The molecule has 0 N–H and O–H groups in total. The number of benzene rings is 8. The van der Waals surface area contributed by atoms with Crippen LogP contribution in [0.2, 0.25) is 0 Å². The second kappa shape index (κ2) is 12.0. The lowest BCUT2D eigenvalue weighted by Crippen LogP contribution is -2.05. The summed E-state index contributed by atoms with van der Waals surface area (Å²) in [5.41, 5.74) is 16.7. The van der Waals surface area contributed by atoms with Crippen LogP contribution in [0.5, 0.6) is 0 Å². The summed E-state index contributed by atoms with van der Waals surface area (Å²) in [5.74, 6) is 0. The summed E-state index contributed by atoms with van der Waals surface area (Å²) in [4.78, 5) is 0. The summed E-state index contributed by atoms with van der Waals surface area (Å²) >= 11 is 0. The maximum atomic E-state index is 7.06. The molecule has 12 aromatic rings. The van der Waals surface area contributed by atoms with Gasteiger partial charge in [-0.05, 0) is 114 Å². The summed E-state index contributed by atoms with van der Waals surface area (Å²) in [6.07, 6.45) is 4.23. The number of rotatable bonds is 4. The molecule has 0 unspecified atom stereocenters. The Kier molecular flexibility index (Phi) is 6.53. The van der Waals surface area contributed by atoms with Gasteiger partial charge in [-0.2, -0.15) is 0 Å². The van der Waals surface area contributed by atoms with Crippen LogP contribution < -0.4 is 0 Å². The van der Waals surface area contributed by atoms with Crippen LogP contribution in [0, 0.1) is 0 Å². The zero-order valence-corrected chi connectivity index (χ0v) is 31.4. The van der Waals surface area contributed by atoms with Gasteiger partial charge < -0.3 is 18.0 Å². The zero-order valence-electron chi connectivity index (χ0n) is 31.4. The topological polar surface area (TPSA) is 36.1 Å². The maximum absolute atomic E-state index is 7.06. The van der Waals surface area contributed by atoms with Gasteiger partial charge >= 0.3 is 0 Å². The molecule has 0 radical (unpaired) electrons. The van der Waals surface area contributed by atoms with Crippen LogP contribution in [0.15, 0.2) is 185 Å². The Labute approximate surface area is 333 Å². The summed E-state index contributed by atoms with van der Waals surface area (Å²) in [6, 6.07) is 63.3. The number of furan rings is 2. The highest BCUT2D eigenvalue weighted by Crippen LogP contribution is 2.46. The molecule has 0 aliphatic heterocycles. The Hall–Kier alpha value is -7.56. The van der Waals surface area contributed by atoms with Crippen LogP contribution in [-0.4, -0.2) is 9.13 Å². The van der Waals surface area contributed by atoms with Gasteiger partial charge in [0.15, 0.2) is 11.2 Å². The fourth-order valence-electron chi connectivity index (χ4n) is 9.84. The average Bonchev–Trinajstić information content (AvgIpc) is 4.04. The van der Waals surface area contributed by atoms with E-state index in [1.807, 2.05) is 12.1 Å². The van der Waals surface area contributed by atoms with Crippen molar-refractivity contribution in [3.8, 4) is 22.5 Å². The molecular formula is C54H34N2O2. The van der Waals surface area contributed by atoms with E-state index in [-0.39, 0.29) is 0 Å². The first kappa shape index (κ1) is 31.6. The minimum atomic E-state index is 0.793. The van der Waals surface area contributed by atoms with E-state index >= 15 is 0 Å². The smallest absolute Gasteiger partial charge is 0.178 e. The molecule has 0 amide bonds. The van der Waals surface area contributed by atoms with Gasteiger partial charge in [0.1, 0.15) is 11.2 Å². The highest BCUT2D eigenvalue weighted by Gasteiger charge is 2.26. The molecule has 0 fully saturated rings. The van der Waals surface area contributed by atoms with Crippen molar-refractivity contribution in [3.63, 3.8) is 0 Å². The van der Waals surface area contributed by atoms with Crippen LogP contribution in [-0.2, 0) is 6.42 Å². The molecule has 1 aliphatic carbocycles. The normalized spacial score (nSPS) is 13.1. The van der Waals surface area contributed by atoms with Crippen LogP contribution in [0.1, 0.15) is 23.2 Å². The second-order valence-corrected chi connectivity index (χ2v) is 15.6. The Morgan fingerprint density at radius 1 is 0.379 bits per heavy atom.